The fourth-order valence-electron chi connectivity index (χ4n) is 6.48. The Kier molecular flexibility index (Phi) is 6.63. The van der Waals surface area contributed by atoms with E-state index in [2.05, 4.69) is 0 Å². The molecule has 4 aromatic carbocycles. The van der Waals surface area contributed by atoms with Gasteiger partial charge in [-0.3, -0.25) is 4.79 Å². The van der Waals surface area contributed by atoms with Crippen molar-refractivity contribution in [1.29, 1.82) is 0 Å². The summed E-state index contributed by atoms with van der Waals surface area (Å²) in [6, 6.07) is 16.3. The van der Waals surface area contributed by atoms with E-state index in [1.165, 1.54) is 17.0 Å². The third kappa shape index (κ3) is 3.92. The van der Waals surface area contributed by atoms with E-state index in [-0.39, 0.29) is 71.8 Å². The number of likely N-dealkylation sites (tertiary alicyclic amines) is 1. The molecule has 0 saturated carbocycles. The Bertz CT molecular complexity index is 1630. The summed E-state index contributed by atoms with van der Waals surface area (Å²) in [6.45, 7) is -0.0259. The molecular formula is C32H23Cl2F2NO5. The number of amides is 1. The van der Waals surface area contributed by atoms with Gasteiger partial charge in [0.25, 0.3) is 0 Å². The van der Waals surface area contributed by atoms with Crippen LogP contribution in [0.25, 0.3) is 22.3 Å². The smallest absolute Gasteiger partial charge is 0.231 e. The molecule has 0 N–H and O–H groups in total. The van der Waals surface area contributed by atoms with Gasteiger partial charge in [0.05, 0.1) is 0 Å². The number of piperidine rings is 1. The van der Waals surface area contributed by atoms with Crippen LogP contribution < -0.4 is 18.9 Å². The first-order valence-corrected chi connectivity index (χ1v) is 14.2. The van der Waals surface area contributed by atoms with Gasteiger partial charge < -0.3 is 23.8 Å². The average molecular weight is 610 g/mol. The maximum absolute atomic E-state index is 16.8. The molecule has 1 amide bonds. The summed E-state index contributed by atoms with van der Waals surface area (Å²) in [4.78, 5) is 14.4. The molecule has 1 saturated heterocycles. The fraction of sp³-hybridized carbons (Fsp3) is 0.219. The second-order valence-corrected chi connectivity index (χ2v) is 11.1. The van der Waals surface area contributed by atoms with Crippen LogP contribution >= 0.6 is 23.2 Å². The Morgan fingerprint density at radius 2 is 1.24 bits per heavy atom. The number of fused-ring (bicyclic) bond motifs is 2. The van der Waals surface area contributed by atoms with Crippen LogP contribution in [-0.2, 0) is 10.3 Å². The molecule has 0 unspecified atom stereocenters. The van der Waals surface area contributed by atoms with Crippen LogP contribution in [0.5, 0.6) is 23.0 Å². The maximum atomic E-state index is 16.8. The molecule has 42 heavy (non-hydrogen) atoms. The van der Waals surface area contributed by atoms with Crippen molar-refractivity contribution in [2.45, 2.75) is 24.8 Å². The molecule has 7 rings (SSSR count). The van der Waals surface area contributed by atoms with Crippen LogP contribution in [0.4, 0.5) is 8.78 Å². The van der Waals surface area contributed by atoms with Gasteiger partial charge in [-0.2, -0.15) is 0 Å². The third-order valence-electron chi connectivity index (χ3n) is 8.15. The maximum Gasteiger partial charge on any atom is 0.231 e. The van der Waals surface area contributed by atoms with Crippen molar-refractivity contribution in [3.63, 3.8) is 0 Å². The van der Waals surface area contributed by atoms with Crippen molar-refractivity contribution < 1.29 is 32.5 Å². The summed E-state index contributed by atoms with van der Waals surface area (Å²) in [5.74, 6) is -0.513. The first-order valence-electron chi connectivity index (χ1n) is 13.4. The molecule has 214 valence electrons. The van der Waals surface area contributed by atoms with Gasteiger partial charge in [0.1, 0.15) is 17.2 Å². The first-order chi connectivity index (χ1) is 20.5. The summed E-state index contributed by atoms with van der Waals surface area (Å²) in [5.41, 5.74) is -0.124. The molecule has 0 bridgehead atoms. The van der Waals surface area contributed by atoms with E-state index < -0.39 is 17.2 Å². The minimum Gasteiger partial charge on any atom is -0.453 e. The molecule has 10 heteroatoms. The summed E-state index contributed by atoms with van der Waals surface area (Å²) in [7, 11) is 0. The molecule has 1 fully saturated rings. The summed E-state index contributed by atoms with van der Waals surface area (Å²) < 4.78 is 56.7. The van der Waals surface area contributed by atoms with Gasteiger partial charge in [0, 0.05) is 62.1 Å². The van der Waals surface area contributed by atoms with Crippen LogP contribution in [0.3, 0.4) is 0 Å². The zero-order valence-electron chi connectivity index (χ0n) is 22.1. The van der Waals surface area contributed by atoms with Crippen molar-refractivity contribution in [2.75, 3.05) is 20.1 Å². The highest BCUT2D eigenvalue weighted by molar-refractivity contribution is 6.34. The van der Waals surface area contributed by atoms with E-state index in [1.54, 1.807) is 48.5 Å². The largest absolute Gasteiger partial charge is 0.453 e. The van der Waals surface area contributed by atoms with Gasteiger partial charge >= 0.3 is 0 Å². The second kappa shape index (κ2) is 10.4. The zero-order valence-corrected chi connectivity index (χ0v) is 23.6. The highest BCUT2D eigenvalue weighted by Gasteiger charge is 2.51. The van der Waals surface area contributed by atoms with Gasteiger partial charge in [0.15, 0.2) is 23.0 Å². The standard InChI is InChI=1S/C32H23Cl2F2NO5/c33-20-9-3-1-7-18(20)26-28(22(35)13-24-30(26)41-16-39-24)32(11-5-6-12-37(32)15-38)29-23(36)14-25-31(42-17-40-25)27(29)19-8-2-4-10-21(19)34/h1-4,7-10,13-15H,5-6,11-12,16-17H2. The Balaban J connectivity index is 1.67. The van der Waals surface area contributed by atoms with Crippen molar-refractivity contribution in [3.05, 3.63) is 93.5 Å². The molecule has 0 atom stereocenters. The number of ether oxygens (including phenoxy) is 4. The lowest BCUT2D eigenvalue weighted by molar-refractivity contribution is -0.125. The van der Waals surface area contributed by atoms with Crippen molar-refractivity contribution in [3.8, 4) is 45.3 Å². The number of hydrogen-bond donors (Lipinski definition) is 0. The van der Waals surface area contributed by atoms with Crippen LogP contribution in [0, 0.1) is 11.6 Å². The van der Waals surface area contributed by atoms with Gasteiger partial charge in [-0.15, -0.1) is 0 Å². The molecular weight excluding hydrogens is 587 g/mol. The first kappa shape index (κ1) is 26.9. The molecule has 3 aliphatic heterocycles. The quantitative estimate of drug-likeness (QED) is 0.215. The van der Waals surface area contributed by atoms with Crippen LogP contribution in [0.2, 0.25) is 10.0 Å². The number of hydrogen-bond acceptors (Lipinski definition) is 5. The van der Waals surface area contributed by atoms with Crippen molar-refractivity contribution in [2.24, 2.45) is 0 Å². The lowest BCUT2D eigenvalue weighted by Crippen LogP contribution is -2.51. The molecule has 0 aromatic heterocycles. The lowest BCUT2D eigenvalue weighted by atomic mass is 9.69. The summed E-state index contributed by atoms with van der Waals surface area (Å²) in [5, 5.41) is 0.645. The van der Waals surface area contributed by atoms with Crippen LogP contribution in [0.1, 0.15) is 30.4 Å². The molecule has 4 aromatic rings. The Labute approximate surface area is 250 Å². The predicted octanol–water partition coefficient (Wildman–Crippen LogP) is 7.95. The zero-order chi connectivity index (χ0) is 29.0. The van der Waals surface area contributed by atoms with E-state index >= 15 is 8.78 Å². The van der Waals surface area contributed by atoms with E-state index in [0.29, 0.717) is 40.4 Å². The van der Waals surface area contributed by atoms with Crippen molar-refractivity contribution in [1.82, 2.24) is 4.90 Å². The minimum atomic E-state index is -1.67. The highest BCUT2D eigenvalue weighted by Crippen LogP contribution is 2.59. The van der Waals surface area contributed by atoms with E-state index in [0.717, 1.165) is 0 Å². The highest BCUT2D eigenvalue weighted by atomic mass is 35.5. The number of carbonyl (C=O) groups is 1. The Hall–Kier alpha value is -4.01. The van der Waals surface area contributed by atoms with Crippen LogP contribution in [-0.4, -0.2) is 31.4 Å². The Morgan fingerprint density at radius 3 is 1.71 bits per heavy atom. The monoisotopic (exact) mass is 609 g/mol. The third-order valence-corrected chi connectivity index (χ3v) is 8.81. The molecule has 3 aliphatic rings. The predicted molar refractivity (Wildman–Crippen MR) is 153 cm³/mol. The molecule has 0 aliphatic carbocycles. The van der Waals surface area contributed by atoms with E-state index in [9.17, 15) is 4.79 Å². The number of rotatable bonds is 5. The van der Waals surface area contributed by atoms with Gasteiger partial charge in [-0.1, -0.05) is 59.6 Å². The fourth-order valence-corrected chi connectivity index (χ4v) is 6.94. The summed E-state index contributed by atoms with van der Waals surface area (Å²) >= 11 is 13.4. The molecule has 0 radical (unpaired) electrons. The number of halogens is 4. The van der Waals surface area contributed by atoms with E-state index in [4.69, 9.17) is 42.1 Å². The molecule has 3 heterocycles. The lowest BCUT2D eigenvalue weighted by Gasteiger charge is -2.48. The molecule has 0 spiro atoms. The van der Waals surface area contributed by atoms with E-state index in [1.807, 2.05) is 0 Å². The van der Waals surface area contributed by atoms with Gasteiger partial charge in [-0.25, -0.2) is 8.78 Å². The van der Waals surface area contributed by atoms with Crippen LogP contribution in [0.15, 0.2) is 60.7 Å². The average Bonchev–Trinajstić information content (AvgIpc) is 3.66. The molecule has 6 nitrogen and oxygen atoms in total. The second-order valence-electron chi connectivity index (χ2n) is 10.3. The normalized spacial score (nSPS) is 16.5. The SMILES string of the molecule is O=CN1CCCCC1(c1c(F)cc2c(c1-c1ccccc1Cl)OCO2)c1c(F)cc2c(c1-c1ccccc1Cl)OCO2. The number of benzene rings is 4. The number of carbonyl (C=O) groups excluding carboxylic acids is 1. The van der Waals surface area contributed by atoms with Gasteiger partial charge in [-0.05, 0) is 31.4 Å². The topological polar surface area (TPSA) is 57.2 Å². The number of nitrogens with zero attached hydrogens (tertiary/aromatic N) is 1. The van der Waals surface area contributed by atoms with Crippen molar-refractivity contribution >= 4 is 29.6 Å². The minimum absolute atomic E-state index is 0.0396. The van der Waals surface area contributed by atoms with Gasteiger partial charge in [0.2, 0.25) is 20.0 Å². The Morgan fingerprint density at radius 1 is 0.738 bits per heavy atom. The summed E-state index contributed by atoms with van der Waals surface area (Å²) in [6.07, 6.45) is 2.03.